The van der Waals surface area contributed by atoms with Crippen molar-refractivity contribution in [2.75, 3.05) is 6.61 Å². The van der Waals surface area contributed by atoms with Crippen LogP contribution >= 0.6 is 11.6 Å². The predicted octanol–water partition coefficient (Wildman–Crippen LogP) is 5.01. The van der Waals surface area contributed by atoms with E-state index in [4.69, 9.17) is 21.3 Å². The van der Waals surface area contributed by atoms with E-state index >= 15 is 0 Å². The van der Waals surface area contributed by atoms with Gasteiger partial charge in [0.05, 0.1) is 29.3 Å². The van der Waals surface area contributed by atoms with Crippen LogP contribution in [0.1, 0.15) is 55.7 Å². The maximum Gasteiger partial charge on any atom is 0.311 e. The molecule has 3 fully saturated rings. The highest BCUT2D eigenvalue weighted by Crippen LogP contribution is 2.52. The average molecular weight is 449 g/mol. The summed E-state index contributed by atoms with van der Waals surface area (Å²) in [6.07, 6.45) is 13.1. The number of halogens is 1. The molecule has 0 amide bonds. The second-order valence-electron chi connectivity index (χ2n) is 9.11. The van der Waals surface area contributed by atoms with Gasteiger partial charge >= 0.3 is 5.97 Å². The Hall–Kier alpha value is -2.73. The predicted molar refractivity (Wildman–Crippen MR) is 122 cm³/mol. The number of ether oxygens (including phenoxy) is 1. The maximum absolute atomic E-state index is 13.0. The monoisotopic (exact) mass is 448 g/mol. The smallest absolute Gasteiger partial charge is 0.311 e. The van der Waals surface area contributed by atoms with Gasteiger partial charge in [0, 0.05) is 41.5 Å². The average Bonchev–Trinajstić information content (AvgIpc) is 3.42. The Balaban J connectivity index is 1.43. The van der Waals surface area contributed by atoms with Gasteiger partial charge in [-0.3, -0.25) is 9.78 Å². The van der Waals surface area contributed by atoms with Crippen LogP contribution in [0.15, 0.2) is 36.8 Å². The molecule has 0 unspecified atom stereocenters. The first-order valence-electron chi connectivity index (χ1n) is 11.5. The molecule has 0 spiro atoms. The number of pyridine rings is 1. The number of fused-ring (bicyclic) bond motifs is 5. The summed E-state index contributed by atoms with van der Waals surface area (Å²) >= 11 is 6.21. The van der Waals surface area contributed by atoms with Crippen LogP contribution in [0.3, 0.4) is 0 Å². The number of allylic oxidation sites excluding steroid dienone is 1. The number of nitrogens with zero attached hydrogens (tertiary/aromatic N) is 4. The number of esters is 1. The van der Waals surface area contributed by atoms with Crippen LogP contribution in [0.5, 0.6) is 0 Å². The summed E-state index contributed by atoms with van der Waals surface area (Å²) in [7, 11) is 0. The van der Waals surface area contributed by atoms with Crippen LogP contribution < -0.4 is 0 Å². The molecule has 0 radical (unpaired) electrons. The Morgan fingerprint density at radius 2 is 2.00 bits per heavy atom. The fourth-order valence-corrected chi connectivity index (χ4v) is 6.24. The second-order valence-corrected chi connectivity index (χ2v) is 9.54. The highest BCUT2D eigenvalue weighted by Gasteiger charge is 2.49. The Morgan fingerprint density at radius 3 is 2.81 bits per heavy atom. The SMILES string of the molecule is CCOC(=O)[C@H]1C2CCC(CC2)[C@@H]1n1ccc2cnc(C3=CCc4ncc(Cl)cc43)nc21. The summed E-state index contributed by atoms with van der Waals surface area (Å²) in [4.78, 5) is 27.1. The normalized spacial score (nSPS) is 26.2. The number of rotatable bonds is 4. The number of carbonyl (C=O) groups excluding carboxylic acids is 1. The molecule has 3 heterocycles. The van der Waals surface area contributed by atoms with E-state index in [-0.39, 0.29) is 17.9 Å². The molecular weight excluding hydrogens is 424 g/mol. The molecular formula is C25H25ClN4O2. The molecule has 0 N–H and O–H groups in total. The zero-order valence-electron chi connectivity index (χ0n) is 18.0. The molecule has 4 aliphatic rings. The molecule has 32 heavy (non-hydrogen) atoms. The molecule has 2 atom stereocenters. The molecule has 3 aromatic heterocycles. The van der Waals surface area contributed by atoms with Crippen molar-refractivity contribution in [1.82, 2.24) is 19.5 Å². The van der Waals surface area contributed by atoms with E-state index in [0.29, 0.717) is 29.3 Å². The summed E-state index contributed by atoms with van der Waals surface area (Å²) < 4.78 is 7.74. The van der Waals surface area contributed by atoms with Gasteiger partial charge in [0.1, 0.15) is 5.65 Å². The highest BCUT2D eigenvalue weighted by atomic mass is 35.5. The fourth-order valence-electron chi connectivity index (χ4n) is 6.08. The zero-order valence-corrected chi connectivity index (χ0v) is 18.8. The second kappa shape index (κ2) is 7.69. The van der Waals surface area contributed by atoms with E-state index in [9.17, 15) is 4.79 Å². The van der Waals surface area contributed by atoms with Crippen molar-refractivity contribution in [2.24, 2.45) is 17.8 Å². The lowest BCUT2D eigenvalue weighted by Crippen LogP contribution is -2.45. The first kappa shape index (κ1) is 19.9. The first-order chi connectivity index (χ1) is 15.6. The number of hydrogen-bond donors (Lipinski definition) is 0. The largest absolute Gasteiger partial charge is 0.466 e. The van der Waals surface area contributed by atoms with Gasteiger partial charge in [-0.15, -0.1) is 0 Å². The minimum absolute atomic E-state index is 0.0591. The molecule has 3 saturated carbocycles. The zero-order chi connectivity index (χ0) is 21.8. The van der Waals surface area contributed by atoms with Crippen LogP contribution in [-0.4, -0.2) is 32.1 Å². The van der Waals surface area contributed by atoms with Crippen molar-refractivity contribution in [2.45, 2.75) is 45.1 Å². The van der Waals surface area contributed by atoms with Crippen LogP contribution in [0.2, 0.25) is 5.02 Å². The Labute approximate surface area is 191 Å². The Bertz CT molecular complexity index is 1240. The van der Waals surface area contributed by atoms with Gasteiger partial charge < -0.3 is 9.30 Å². The third kappa shape index (κ3) is 3.07. The quantitative estimate of drug-likeness (QED) is 0.525. The molecule has 3 aromatic rings. The topological polar surface area (TPSA) is 69.9 Å². The van der Waals surface area contributed by atoms with Crippen LogP contribution in [0, 0.1) is 17.8 Å². The summed E-state index contributed by atoms with van der Waals surface area (Å²) in [5, 5.41) is 1.59. The number of aromatic nitrogens is 4. The third-order valence-electron chi connectivity index (χ3n) is 7.48. The van der Waals surface area contributed by atoms with Gasteiger partial charge in [0.15, 0.2) is 5.82 Å². The summed E-state index contributed by atoms with van der Waals surface area (Å²) in [5.74, 6) is 1.37. The molecule has 7 rings (SSSR count). The van der Waals surface area contributed by atoms with Gasteiger partial charge in [-0.05, 0) is 56.6 Å². The van der Waals surface area contributed by atoms with E-state index in [1.807, 2.05) is 19.2 Å². The number of hydrogen-bond acceptors (Lipinski definition) is 5. The lowest BCUT2D eigenvalue weighted by Gasteiger charge is -2.47. The Morgan fingerprint density at radius 1 is 1.19 bits per heavy atom. The van der Waals surface area contributed by atoms with Crippen molar-refractivity contribution in [3.8, 4) is 0 Å². The summed E-state index contributed by atoms with van der Waals surface area (Å²) in [5.41, 5.74) is 3.84. The van der Waals surface area contributed by atoms with Crippen LogP contribution in [0.4, 0.5) is 0 Å². The number of carbonyl (C=O) groups is 1. The standard InChI is InChI=1S/C25H25ClN4O2/c1-2-32-25(31)21-14-3-5-15(6-4-14)22(21)30-10-9-16-12-28-23(29-24(16)30)18-7-8-20-19(18)11-17(26)13-27-20/h7,9-15,21-22H,2-6,8H2,1H3/t14?,15?,21-,22-/m0/s1. The van der Waals surface area contributed by atoms with Crippen molar-refractivity contribution >= 4 is 34.2 Å². The van der Waals surface area contributed by atoms with E-state index in [1.165, 1.54) is 0 Å². The van der Waals surface area contributed by atoms with Gasteiger partial charge in [-0.1, -0.05) is 17.7 Å². The highest BCUT2D eigenvalue weighted by molar-refractivity contribution is 6.30. The minimum atomic E-state index is -0.106. The Kier molecular flexibility index (Phi) is 4.79. The van der Waals surface area contributed by atoms with Gasteiger partial charge in [0.2, 0.25) is 0 Å². The van der Waals surface area contributed by atoms with Gasteiger partial charge in [0.25, 0.3) is 0 Å². The molecule has 164 valence electrons. The first-order valence-corrected chi connectivity index (χ1v) is 11.9. The van der Waals surface area contributed by atoms with Crippen molar-refractivity contribution in [3.63, 3.8) is 0 Å². The van der Waals surface area contributed by atoms with E-state index in [0.717, 1.165) is 60.0 Å². The lowest BCUT2D eigenvalue weighted by molar-refractivity contribution is -0.157. The van der Waals surface area contributed by atoms with Crippen molar-refractivity contribution < 1.29 is 9.53 Å². The fraction of sp³-hybridized carbons (Fsp3) is 0.440. The maximum atomic E-state index is 13.0. The molecule has 7 heteroatoms. The third-order valence-corrected chi connectivity index (χ3v) is 7.68. The lowest BCUT2D eigenvalue weighted by atomic mass is 9.61. The molecule has 4 aliphatic carbocycles. The molecule has 2 bridgehead atoms. The van der Waals surface area contributed by atoms with Crippen LogP contribution in [0.25, 0.3) is 16.6 Å². The minimum Gasteiger partial charge on any atom is -0.466 e. The summed E-state index contributed by atoms with van der Waals surface area (Å²) in [6, 6.07) is 4.08. The molecule has 0 saturated heterocycles. The van der Waals surface area contributed by atoms with Gasteiger partial charge in [-0.2, -0.15) is 0 Å². The van der Waals surface area contributed by atoms with E-state index in [2.05, 4.69) is 32.9 Å². The van der Waals surface area contributed by atoms with E-state index < -0.39 is 0 Å². The van der Waals surface area contributed by atoms with Gasteiger partial charge in [-0.25, -0.2) is 9.97 Å². The summed E-state index contributed by atoms with van der Waals surface area (Å²) in [6.45, 7) is 2.30. The molecule has 0 aliphatic heterocycles. The van der Waals surface area contributed by atoms with E-state index in [1.54, 1.807) is 6.20 Å². The molecule has 6 nitrogen and oxygen atoms in total. The van der Waals surface area contributed by atoms with Crippen molar-refractivity contribution in [3.05, 3.63) is 58.9 Å². The molecule has 0 aromatic carbocycles. The van der Waals surface area contributed by atoms with Crippen molar-refractivity contribution in [1.29, 1.82) is 0 Å². The van der Waals surface area contributed by atoms with Crippen LogP contribution in [-0.2, 0) is 16.0 Å².